The average Bonchev–Trinajstić information content (AvgIpc) is 2.52. The van der Waals surface area contributed by atoms with E-state index in [4.69, 9.17) is 5.73 Å². The molecule has 0 aliphatic heterocycles. The van der Waals surface area contributed by atoms with Crippen LogP contribution in [-0.2, 0) is 14.8 Å². The number of esters is 1. The van der Waals surface area contributed by atoms with E-state index in [1.54, 1.807) is 6.92 Å². The van der Waals surface area contributed by atoms with Gasteiger partial charge in [-0.25, -0.2) is 17.9 Å². The van der Waals surface area contributed by atoms with E-state index in [-0.39, 0.29) is 17.0 Å². The van der Waals surface area contributed by atoms with Gasteiger partial charge in [0.05, 0.1) is 17.6 Å². The highest BCUT2D eigenvalue weighted by molar-refractivity contribution is 7.89. The van der Waals surface area contributed by atoms with Crippen LogP contribution >= 0.6 is 0 Å². The van der Waals surface area contributed by atoms with Crippen LogP contribution in [0.1, 0.15) is 42.6 Å². The van der Waals surface area contributed by atoms with Crippen LogP contribution in [0.3, 0.4) is 0 Å². The standard InChI is InChI=1S/C15H24N2O4S/c1-5-15(16,6-2)10-17-22(19,20)13-9-7-8-12(11(13)3)14(18)21-4/h7-9,17H,5-6,10,16H2,1-4H3. The molecular formula is C15H24N2O4S. The summed E-state index contributed by atoms with van der Waals surface area (Å²) in [6.45, 7) is 5.56. The molecule has 0 aliphatic rings. The van der Waals surface area contributed by atoms with Crippen molar-refractivity contribution in [1.82, 2.24) is 4.72 Å². The first kappa shape index (κ1) is 18.6. The summed E-state index contributed by atoms with van der Waals surface area (Å²) in [5.41, 5.74) is 6.13. The maximum atomic E-state index is 12.5. The van der Waals surface area contributed by atoms with Gasteiger partial charge in [0.25, 0.3) is 0 Å². The highest BCUT2D eigenvalue weighted by Gasteiger charge is 2.26. The van der Waals surface area contributed by atoms with E-state index >= 15 is 0 Å². The number of nitrogens with two attached hydrogens (primary N) is 1. The highest BCUT2D eigenvalue weighted by Crippen LogP contribution is 2.20. The molecule has 0 aromatic heterocycles. The van der Waals surface area contributed by atoms with Gasteiger partial charge in [0.2, 0.25) is 10.0 Å². The second-order valence-electron chi connectivity index (χ2n) is 5.31. The molecule has 7 heteroatoms. The molecule has 6 nitrogen and oxygen atoms in total. The van der Waals surface area contributed by atoms with Gasteiger partial charge in [-0.1, -0.05) is 19.9 Å². The molecule has 0 bridgehead atoms. The molecule has 1 rings (SSSR count). The maximum absolute atomic E-state index is 12.5. The Morgan fingerprint density at radius 1 is 1.32 bits per heavy atom. The van der Waals surface area contributed by atoms with Crippen molar-refractivity contribution in [3.8, 4) is 0 Å². The first-order valence-corrected chi connectivity index (χ1v) is 8.65. The number of carbonyl (C=O) groups is 1. The van der Waals surface area contributed by atoms with Crippen molar-refractivity contribution in [3.05, 3.63) is 29.3 Å². The molecule has 3 N–H and O–H groups in total. The van der Waals surface area contributed by atoms with E-state index in [1.165, 1.54) is 25.3 Å². The molecule has 0 fully saturated rings. The average molecular weight is 328 g/mol. The molecule has 22 heavy (non-hydrogen) atoms. The zero-order valence-corrected chi connectivity index (χ0v) is 14.3. The minimum Gasteiger partial charge on any atom is -0.465 e. The molecule has 1 aromatic carbocycles. The van der Waals surface area contributed by atoms with Crippen molar-refractivity contribution in [2.24, 2.45) is 5.73 Å². The number of hydrogen-bond donors (Lipinski definition) is 2. The van der Waals surface area contributed by atoms with E-state index in [9.17, 15) is 13.2 Å². The summed E-state index contributed by atoms with van der Waals surface area (Å²) in [6.07, 6.45) is 1.32. The molecular weight excluding hydrogens is 304 g/mol. The molecule has 0 saturated heterocycles. The van der Waals surface area contributed by atoms with Gasteiger partial charge in [-0.2, -0.15) is 0 Å². The number of carbonyl (C=O) groups excluding carboxylic acids is 1. The monoisotopic (exact) mass is 328 g/mol. The predicted octanol–water partition coefficient (Wildman–Crippen LogP) is 1.58. The molecule has 124 valence electrons. The summed E-state index contributed by atoms with van der Waals surface area (Å²) in [5.74, 6) is -0.565. The number of hydrogen-bond acceptors (Lipinski definition) is 5. The molecule has 0 spiro atoms. The zero-order chi connectivity index (χ0) is 17.0. The number of sulfonamides is 1. The largest absolute Gasteiger partial charge is 0.465 e. The highest BCUT2D eigenvalue weighted by atomic mass is 32.2. The molecule has 1 aromatic rings. The summed E-state index contributed by atoms with van der Waals surface area (Å²) >= 11 is 0. The van der Waals surface area contributed by atoms with Gasteiger partial charge in [0.1, 0.15) is 0 Å². The Morgan fingerprint density at radius 3 is 2.41 bits per heavy atom. The topological polar surface area (TPSA) is 98.5 Å². The Morgan fingerprint density at radius 2 is 1.91 bits per heavy atom. The number of nitrogens with one attached hydrogen (secondary N) is 1. The maximum Gasteiger partial charge on any atom is 0.338 e. The van der Waals surface area contributed by atoms with Crippen LogP contribution in [0.4, 0.5) is 0 Å². The van der Waals surface area contributed by atoms with Gasteiger partial charge in [-0.05, 0) is 37.5 Å². The van der Waals surface area contributed by atoms with Crippen LogP contribution in [0.5, 0.6) is 0 Å². The summed E-state index contributed by atoms with van der Waals surface area (Å²) in [5, 5.41) is 0. The number of ether oxygens (including phenoxy) is 1. The van der Waals surface area contributed by atoms with Crippen molar-refractivity contribution in [2.75, 3.05) is 13.7 Å². The van der Waals surface area contributed by atoms with E-state index < -0.39 is 21.5 Å². The Balaban J connectivity index is 3.11. The first-order chi connectivity index (χ1) is 10.2. The fourth-order valence-electron chi connectivity index (χ4n) is 2.05. The van der Waals surface area contributed by atoms with Crippen molar-refractivity contribution in [2.45, 2.75) is 44.0 Å². The van der Waals surface area contributed by atoms with Gasteiger partial charge >= 0.3 is 5.97 Å². The third kappa shape index (κ3) is 4.06. The van der Waals surface area contributed by atoms with Crippen LogP contribution < -0.4 is 10.5 Å². The van der Waals surface area contributed by atoms with Crippen molar-refractivity contribution >= 4 is 16.0 Å². The lowest BCUT2D eigenvalue weighted by atomic mass is 9.95. The normalized spacial score (nSPS) is 12.2. The Labute approximate surface area is 132 Å². The van der Waals surface area contributed by atoms with Crippen LogP contribution in [0.2, 0.25) is 0 Å². The molecule has 0 radical (unpaired) electrons. The van der Waals surface area contributed by atoms with E-state index in [2.05, 4.69) is 9.46 Å². The smallest absolute Gasteiger partial charge is 0.338 e. The molecule has 0 heterocycles. The van der Waals surface area contributed by atoms with E-state index in [0.29, 0.717) is 18.4 Å². The molecule has 0 aliphatic carbocycles. The lowest BCUT2D eigenvalue weighted by molar-refractivity contribution is 0.0599. The molecule has 0 atom stereocenters. The van der Waals surface area contributed by atoms with Crippen molar-refractivity contribution in [3.63, 3.8) is 0 Å². The first-order valence-electron chi connectivity index (χ1n) is 7.17. The summed E-state index contributed by atoms with van der Waals surface area (Å²) < 4.78 is 32.1. The number of methoxy groups -OCH3 is 1. The van der Waals surface area contributed by atoms with Gasteiger partial charge in [-0.3, -0.25) is 0 Å². The fourth-order valence-corrected chi connectivity index (χ4v) is 3.46. The summed E-state index contributed by atoms with van der Waals surface area (Å²) in [6, 6.07) is 4.51. The lowest BCUT2D eigenvalue weighted by Crippen LogP contribution is -2.49. The SMILES string of the molecule is CCC(N)(CC)CNS(=O)(=O)c1cccc(C(=O)OC)c1C. The predicted molar refractivity (Wildman–Crippen MR) is 85.2 cm³/mol. The molecule has 0 saturated carbocycles. The number of rotatable bonds is 7. The Hall–Kier alpha value is -1.44. The van der Waals surface area contributed by atoms with Crippen molar-refractivity contribution < 1.29 is 17.9 Å². The van der Waals surface area contributed by atoms with E-state index in [0.717, 1.165) is 0 Å². The second-order valence-corrected chi connectivity index (χ2v) is 7.05. The van der Waals surface area contributed by atoms with Gasteiger partial charge in [0, 0.05) is 12.1 Å². The fraction of sp³-hybridized carbons (Fsp3) is 0.533. The minimum absolute atomic E-state index is 0.0601. The molecule has 0 amide bonds. The number of benzene rings is 1. The summed E-state index contributed by atoms with van der Waals surface area (Å²) in [7, 11) is -2.49. The van der Waals surface area contributed by atoms with Crippen molar-refractivity contribution in [1.29, 1.82) is 0 Å². The van der Waals surface area contributed by atoms with Crippen LogP contribution in [-0.4, -0.2) is 33.6 Å². The second kappa shape index (κ2) is 7.21. The lowest BCUT2D eigenvalue weighted by Gasteiger charge is -2.27. The van der Waals surface area contributed by atoms with Crippen LogP contribution in [0.25, 0.3) is 0 Å². The molecule has 0 unspecified atom stereocenters. The quantitative estimate of drug-likeness (QED) is 0.740. The van der Waals surface area contributed by atoms with Gasteiger partial charge in [0.15, 0.2) is 0 Å². The summed E-state index contributed by atoms with van der Waals surface area (Å²) in [4.78, 5) is 11.7. The zero-order valence-electron chi connectivity index (χ0n) is 13.5. The van der Waals surface area contributed by atoms with Gasteiger partial charge in [-0.15, -0.1) is 0 Å². The van der Waals surface area contributed by atoms with Crippen LogP contribution in [0.15, 0.2) is 23.1 Å². The third-order valence-corrected chi connectivity index (χ3v) is 5.55. The van der Waals surface area contributed by atoms with Crippen LogP contribution in [0, 0.1) is 6.92 Å². The van der Waals surface area contributed by atoms with Gasteiger partial charge < -0.3 is 10.5 Å². The third-order valence-electron chi connectivity index (χ3n) is 4.00. The van der Waals surface area contributed by atoms with E-state index in [1.807, 2.05) is 13.8 Å². The Kier molecular flexibility index (Phi) is 6.10. The Bertz CT molecular complexity index is 637. The minimum atomic E-state index is -3.75.